The van der Waals surface area contributed by atoms with Crippen LogP contribution in [0.3, 0.4) is 0 Å². The second-order valence-corrected chi connectivity index (χ2v) is 5.08. The molecular formula is C12H18ClN. The number of halogens is 1. The van der Waals surface area contributed by atoms with Crippen molar-refractivity contribution in [1.82, 2.24) is 5.32 Å². The molecule has 1 unspecified atom stereocenters. The van der Waals surface area contributed by atoms with E-state index in [1.165, 1.54) is 5.56 Å². The maximum Gasteiger partial charge on any atom is 0.0406 e. The van der Waals surface area contributed by atoms with Crippen LogP contribution in [0.5, 0.6) is 0 Å². The molecule has 0 aliphatic rings. The highest BCUT2D eigenvalue weighted by Crippen LogP contribution is 2.32. The zero-order valence-corrected chi connectivity index (χ0v) is 10.0. The van der Waals surface area contributed by atoms with E-state index in [2.05, 4.69) is 38.2 Å². The Labute approximate surface area is 91.5 Å². The summed E-state index contributed by atoms with van der Waals surface area (Å²) >= 11 is 5.85. The van der Waals surface area contributed by atoms with Crippen molar-refractivity contribution in [2.75, 3.05) is 7.05 Å². The second-order valence-electron chi connectivity index (χ2n) is 4.64. The first kappa shape index (κ1) is 11.5. The minimum absolute atomic E-state index is 0.211. The Bertz CT molecular complexity index is 284. The average Bonchev–Trinajstić information content (AvgIpc) is 2.07. The Morgan fingerprint density at radius 1 is 1.14 bits per heavy atom. The maximum absolute atomic E-state index is 5.85. The minimum Gasteiger partial charge on any atom is -0.313 e. The average molecular weight is 212 g/mol. The van der Waals surface area contributed by atoms with Crippen LogP contribution in [0, 0.1) is 5.41 Å². The highest BCUT2D eigenvalue weighted by molar-refractivity contribution is 6.30. The molecule has 0 saturated carbocycles. The minimum atomic E-state index is 0.211. The van der Waals surface area contributed by atoms with E-state index in [1.54, 1.807) is 0 Å². The summed E-state index contributed by atoms with van der Waals surface area (Å²) in [4.78, 5) is 0. The van der Waals surface area contributed by atoms with Crippen molar-refractivity contribution in [3.63, 3.8) is 0 Å². The summed E-state index contributed by atoms with van der Waals surface area (Å²) in [5.74, 6) is 0. The molecule has 1 nitrogen and oxygen atoms in total. The lowest BCUT2D eigenvalue weighted by molar-refractivity contribution is 0.287. The lowest BCUT2D eigenvalue weighted by Crippen LogP contribution is -2.29. The summed E-state index contributed by atoms with van der Waals surface area (Å²) < 4.78 is 0. The molecule has 78 valence electrons. The van der Waals surface area contributed by atoms with Gasteiger partial charge in [0.05, 0.1) is 0 Å². The standard InChI is InChI=1S/C12H18ClN/c1-12(2,3)11(14-4)9-5-7-10(13)8-6-9/h5-8,11,14H,1-4H3. The van der Waals surface area contributed by atoms with E-state index in [0.29, 0.717) is 6.04 Å². The number of benzene rings is 1. The number of hydrogen-bond acceptors (Lipinski definition) is 1. The van der Waals surface area contributed by atoms with Crippen molar-refractivity contribution in [3.8, 4) is 0 Å². The summed E-state index contributed by atoms with van der Waals surface area (Å²) in [6.45, 7) is 6.67. The van der Waals surface area contributed by atoms with E-state index in [0.717, 1.165) is 5.02 Å². The molecule has 1 rings (SSSR count). The van der Waals surface area contributed by atoms with Gasteiger partial charge in [-0.2, -0.15) is 0 Å². The molecular weight excluding hydrogens is 194 g/mol. The van der Waals surface area contributed by atoms with Gasteiger partial charge in [-0.15, -0.1) is 0 Å². The summed E-state index contributed by atoms with van der Waals surface area (Å²) in [6.07, 6.45) is 0. The van der Waals surface area contributed by atoms with Gasteiger partial charge in [0, 0.05) is 11.1 Å². The first-order valence-electron chi connectivity index (χ1n) is 4.88. The Kier molecular flexibility index (Phi) is 3.57. The van der Waals surface area contributed by atoms with Crippen molar-refractivity contribution >= 4 is 11.6 Å². The molecule has 0 fully saturated rings. The van der Waals surface area contributed by atoms with Gasteiger partial charge in [0.25, 0.3) is 0 Å². The summed E-state index contributed by atoms with van der Waals surface area (Å²) in [5.41, 5.74) is 1.49. The van der Waals surface area contributed by atoms with E-state index >= 15 is 0 Å². The molecule has 0 radical (unpaired) electrons. The molecule has 0 aromatic heterocycles. The van der Waals surface area contributed by atoms with Gasteiger partial charge < -0.3 is 5.32 Å². The fraction of sp³-hybridized carbons (Fsp3) is 0.500. The van der Waals surface area contributed by atoms with Crippen molar-refractivity contribution in [2.45, 2.75) is 26.8 Å². The highest BCUT2D eigenvalue weighted by atomic mass is 35.5. The summed E-state index contributed by atoms with van der Waals surface area (Å²) in [5, 5.41) is 4.12. The zero-order valence-electron chi connectivity index (χ0n) is 9.26. The predicted octanol–water partition coefficient (Wildman–Crippen LogP) is 3.65. The molecule has 1 aromatic carbocycles. The van der Waals surface area contributed by atoms with Crippen molar-refractivity contribution in [2.24, 2.45) is 5.41 Å². The normalized spacial score (nSPS) is 14.1. The van der Waals surface area contributed by atoms with Gasteiger partial charge in [-0.3, -0.25) is 0 Å². The molecule has 14 heavy (non-hydrogen) atoms. The summed E-state index contributed by atoms with van der Waals surface area (Å²) in [7, 11) is 1.99. The van der Waals surface area contributed by atoms with Crippen molar-refractivity contribution < 1.29 is 0 Å². The molecule has 1 aromatic rings. The Balaban J connectivity index is 2.96. The third kappa shape index (κ3) is 2.73. The first-order chi connectivity index (χ1) is 6.45. The van der Waals surface area contributed by atoms with Gasteiger partial charge in [-0.1, -0.05) is 44.5 Å². The molecule has 0 amide bonds. The van der Waals surface area contributed by atoms with E-state index in [1.807, 2.05) is 19.2 Å². The quantitative estimate of drug-likeness (QED) is 0.788. The zero-order chi connectivity index (χ0) is 10.8. The van der Waals surface area contributed by atoms with Crippen LogP contribution < -0.4 is 5.32 Å². The van der Waals surface area contributed by atoms with Crippen LogP contribution in [0.1, 0.15) is 32.4 Å². The molecule has 0 heterocycles. The Morgan fingerprint density at radius 3 is 2.00 bits per heavy atom. The van der Waals surface area contributed by atoms with E-state index in [-0.39, 0.29) is 5.41 Å². The monoisotopic (exact) mass is 211 g/mol. The number of rotatable bonds is 2. The third-order valence-corrected chi connectivity index (χ3v) is 2.61. The molecule has 2 heteroatoms. The fourth-order valence-electron chi connectivity index (χ4n) is 1.75. The van der Waals surface area contributed by atoms with E-state index in [9.17, 15) is 0 Å². The lowest BCUT2D eigenvalue weighted by atomic mass is 9.82. The van der Waals surface area contributed by atoms with Gasteiger partial charge in [0.1, 0.15) is 0 Å². The summed E-state index contributed by atoms with van der Waals surface area (Å²) in [6, 6.07) is 8.39. The van der Waals surface area contributed by atoms with Crippen LogP contribution in [0.2, 0.25) is 5.02 Å². The Hall–Kier alpha value is -0.530. The second kappa shape index (κ2) is 4.33. The molecule has 0 bridgehead atoms. The van der Waals surface area contributed by atoms with Gasteiger partial charge >= 0.3 is 0 Å². The van der Waals surface area contributed by atoms with Crippen LogP contribution in [-0.2, 0) is 0 Å². The maximum atomic E-state index is 5.85. The lowest BCUT2D eigenvalue weighted by Gasteiger charge is -2.30. The van der Waals surface area contributed by atoms with E-state index in [4.69, 9.17) is 11.6 Å². The SMILES string of the molecule is CNC(c1ccc(Cl)cc1)C(C)(C)C. The molecule has 0 aliphatic heterocycles. The number of hydrogen-bond donors (Lipinski definition) is 1. The van der Waals surface area contributed by atoms with Crippen molar-refractivity contribution in [3.05, 3.63) is 34.9 Å². The highest BCUT2D eigenvalue weighted by Gasteiger charge is 2.24. The first-order valence-corrected chi connectivity index (χ1v) is 5.25. The smallest absolute Gasteiger partial charge is 0.0406 e. The molecule has 0 aliphatic carbocycles. The molecule has 1 N–H and O–H groups in total. The molecule has 1 atom stereocenters. The largest absolute Gasteiger partial charge is 0.313 e. The topological polar surface area (TPSA) is 12.0 Å². The molecule has 0 saturated heterocycles. The predicted molar refractivity (Wildman–Crippen MR) is 62.7 cm³/mol. The van der Waals surface area contributed by atoms with Crippen LogP contribution >= 0.6 is 11.6 Å². The van der Waals surface area contributed by atoms with Crippen LogP contribution in [0.4, 0.5) is 0 Å². The van der Waals surface area contributed by atoms with Crippen LogP contribution in [0.25, 0.3) is 0 Å². The van der Waals surface area contributed by atoms with E-state index < -0.39 is 0 Å². The Morgan fingerprint density at radius 2 is 1.64 bits per heavy atom. The fourth-order valence-corrected chi connectivity index (χ4v) is 1.88. The van der Waals surface area contributed by atoms with Gasteiger partial charge in [0.15, 0.2) is 0 Å². The van der Waals surface area contributed by atoms with Crippen LogP contribution in [-0.4, -0.2) is 7.05 Å². The van der Waals surface area contributed by atoms with Gasteiger partial charge in [-0.05, 0) is 30.2 Å². The number of nitrogens with one attached hydrogen (secondary N) is 1. The van der Waals surface area contributed by atoms with Gasteiger partial charge in [0.2, 0.25) is 0 Å². The van der Waals surface area contributed by atoms with Crippen molar-refractivity contribution in [1.29, 1.82) is 0 Å². The van der Waals surface area contributed by atoms with Crippen LogP contribution in [0.15, 0.2) is 24.3 Å². The van der Waals surface area contributed by atoms with Gasteiger partial charge in [-0.25, -0.2) is 0 Å². The molecule has 0 spiro atoms. The third-order valence-electron chi connectivity index (χ3n) is 2.36.